The van der Waals surface area contributed by atoms with Crippen molar-refractivity contribution >= 4 is 21.6 Å². The number of nitrogens with one attached hydrogen (secondary N) is 1. The van der Waals surface area contributed by atoms with E-state index in [1.54, 1.807) is 12.1 Å². The average molecular weight is 473 g/mol. The summed E-state index contributed by atoms with van der Waals surface area (Å²) in [6, 6.07) is 14.9. The van der Waals surface area contributed by atoms with Crippen LogP contribution in [0.5, 0.6) is 0 Å². The standard InChI is InChI=1S/C27H40N2O3S/c1-8-9-10-21-13-17-24(18-14-21)29(33(7,31)32)19-22-11-15-23(16-12-22)25(30)28-27(5,6)20-26(2,3)4/h11-18H,8-10,19-20H2,1-7H3,(H,28,30). The van der Waals surface area contributed by atoms with E-state index < -0.39 is 10.0 Å². The number of anilines is 1. The number of hydrogen-bond acceptors (Lipinski definition) is 3. The van der Waals surface area contributed by atoms with E-state index in [1.807, 2.05) is 50.2 Å². The van der Waals surface area contributed by atoms with Crippen LogP contribution in [0.3, 0.4) is 0 Å². The summed E-state index contributed by atoms with van der Waals surface area (Å²) >= 11 is 0. The first-order valence-electron chi connectivity index (χ1n) is 11.7. The van der Waals surface area contributed by atoms with Crippen molar-refractivity contribution in [1.29, 1.82) is 0 Å². The highest BCUT2D eigenvalue weighted by Crippen LogP contribution is 2.27. The Hall–Kier alpha value is -2.34. The lowest BCUT2D eigenvalue weighted by Gasteiger charge is -2.33. The average Bonchev–Trinajstić information content (AvgIpc) is 2.68. The normalized spacial score (nSPS) is 12.5. The largest absolute Gasteiger partial charge is 0.347 e. The number of nitrogens with zero attached hydrogens (tertiary/aromatic N) is 1. The number of carbonyl (C=O) groups is 1. The molecule has 0 heterocycles. The summed E-state index contributed by atoms with van der Waals surface area (Å²) in [6.45, 7) is 12.9. The van der Waals surface area contributed by atoms with Crippen LogP contribution in [0.15, 0.2) is 48.5 Å². The monoisotopic (exact) mass is 472 g/mol. The summed E-state index contributed by atoms with van der Waals surface area (Å²) in [5.41, 5.74) is 3.00. The lowest BCUT2D eigenvalue weighted by Crippen LogP contribution is -2.45. The van der Waals surface area contributed by atoms with Crippen LogP contribution < -0.4 is 9.62 Å². The van der Waals surface area contributed by atoms with Crippen molar-refractivity contribution in [2.24, 2.45) is 5.41 Å². The molecule has 0 spiro atoms. The van der Waals surface area contributed by atoms with Crippen molar-refractivity contribution in [1.82, 2.24) is 5.32 Å². The molecule has 6 heteroatoms. The van der Waals surface area contributed by atoms with Crippen molar-refractivity contribution in [2.45, 2.75) is 79.3 Å². The van der Waals surface area contributed by atoms with Gasteiger partial charge in [-0.2, -0.15) is 0 Å². The quantitative estimate of drug-likeness (QED) is 0.465. The summed E-state index contributed by atoms with van der Waals surface area (Å²) in [5.74, 6) is -0.126. The van der Waals surface area contributed by atoms with Crippen LogP contribution in [-0.4, -0.2) is 26.1 Å². The molecule has 0 bridgehead atoms. The molecule has 33 heavy (non-hydrogen) atoms. The highest BCUT2D eigenvalue weighted by Gasteiger charge is 2.27. The molecule has 2 aromatic rings. The molecule has 0 saturated heterocycles. The molecule has 0 aliphatic rings. The second-order valence-corrected chi connectivity index (χ2v) is 12.7. The number of aryl methyl sites for hydroxylation is 1. The molecule has 2 aromatic carbocycles. The van der Waals surface area contributed by atoms with Gasteiger partial charge in [0.25, 0.3) is 5.91 Å². The van der Waals surface area contributed by atoms with Gasteiger partial charge >= 0.3 is 0 Å². The Balaban J connectivity index is 2.14. The molecule has 1 N–H and O–H groups in total. The molecule has 0 aromatic heterocycles. The molecule has 0 aliphatic heterocycles. The van der Waals surface area contributed by atoms with Gasteiger partial charge in [0, 0.05) is 11.1 Å². The number of sulfonamides is 1. The van der Waals surface area contributed by atoms with Crippen LogP contribution in [0.1, 0.15) is 82.3 Å². The van der Waals surface area contributed by atoms with E-state index in [0.717, 1.165) is 31.2 Å². The van der Waals surface area contributed by atoms with Gasteiger partial charge in [-0.05, 0) is 73.9 Å². The van der Waals surface area contributed by atoms with E-state index in [-0.39, 0.29) is 23.4 Å². The van der Waals surface area contributed by atoms with Gasteiger partial charge in [-0.3, -0.25) is 9.10 Å². The minimum absolute atomic E-state index is 0.101. The first kappa shape index (κ1) is 26.9. The molecule has 1 amide bonds. The van der Waals surface area contributed by atoms with Crippen molar-refractivity contribution in [3.8, 4) is 0 Å². The first-order chi connectivity index (χ1) is 15.2. The van der Waals surface area contributed by atoms with Gasteiger partial charge in [-0.1, -0.05) is 58.4 Å². The van der Waals surface area contributed by atoms with E-state index in [1.165, 1.54) is 16.1 Å². The van der Waals surface area contributed by atoms with Gasteiger partial charge in [0.2, 0.25) is 10.0 Å². The minimum Gasteiger partial charge on any atom is -0.347 e. The van der Waals surface area contributed by atoms with Crippen LogP contribution in [0.25, 0.3) is 0 Å². The fourth-order valence-electron chi connectivity index (χ4n) is 4.29. The topological polar surface area (TPSA) is 66.5 Å². The predicted molar refractivity (Wildman–Crippen MR) is 138 cm³/mol. The Morgan fingerprint density at radius 2 is 1.45 bits per heavy atom. The van der Waals surface area contributed by atoms with Crippen LogP contribution in [-0.2, 0) is 23.0 Å². The molecule has 0 fully saturated rings. The molecule has 182 valence electrons. The zero-order chi connectivity index (χ0) is 24.9. The fraction of sp³-hybridized carbons (Fsp3) is 0.519. The summed E-state index contributed by atoms with van der Waals surface area (Å²) < 4.78 is 26.4. The number of amides is 1. The van der Waals surface area contributed by atoms with Crippen molar-refractivity contribution < 1.29 is 13.2 Å². The first-order valence-corrected chi connectivity index (χ1v) is 13.5. The molecule has 0 aliphatic carbocycles. The summed E-state index contributed by atoms with van der Waals surface area (Å²) in [7, 11) is -3.46. The second kappa shape index (κ2) is 10.7. The number of carbonyl (C=O) groups excluding carboxylic acids is 1. The van der Waals surface area contributed by atoms with Gasteiger partial charge in [0.15, 0.2) is 0 Å². The van der Waals surface area contributed by atoms with Crippen molar-refractivity contribution in [3.63, 3.8) is 0 Å². The minimum atomic E-state index is -3.46. The van der Waals surface area contributed by atoms with Crippen LogP contribution in [0.4, 0.5) is 5.69 Å². The number of rotatable bonds is 10. The van der Waals surface area contributed by atoms with Gasteiger partial charge in [-0.15, -0.1) is 0 Å². The Bertz CT molecular complexity index is 1020. The smallest absolute Gasteiger partial charge is 0.251 e. The zero-order valence-corrected chi connectivity index (χ0v) is 22.1. The summed E-state index contributed by atoms with van der Waals surface area (Å²) in [5, 5.41) is 3.11. The second-order valence-electron chi connectivity index (χ2n) is 10.8. The van der Waals surface area contributed by atoms with Crippen LogP contribution in [0.2, 0.25) is 0 Å². The molecule has 2 rings (SSSR count). The predicted octanol–water partition coefficient (Wildman–Crippen LogP) is 5.94. The maximum absolute atomic E-state index is 12.7. The van der Waals surface area contributed by atoms with E-state index >= 15 is 0 Å². The van der Waals surface area contributed by atoms with E-state index in [9.17, 15) is 13.2 Å². The van der Waals surface area contributed by atoms with E-state index in [2.05, 4.69) is 33.0 Å². The zero-order valence-electron chi connectivity index (χ0n) is 21.2. The Labute approximate surface area is 200 Å². The summed E-state index contributed by atoms with van der Waals surface area (Å²) in [4.78, 5) is 12.7. The van der Waals surface area contributed by atoms with Gasteiger partial charge in [0.05, 0.1) is 18.5 Å². The van der Waals surface area contributed by atoms with Crippen LogP contribution in [0, 0.1) is 5.41 Å². The highest BCUT2D eigenvalue weighted by atomic mass is 32.2. The maximum Gasteiger partial charge on any atom is 0.251 e. The molecule has 0 radical (unpaired) electrons. The Morgan fingerprint density at radius 3 is 1.94 bits per heavy atom. The number of hydrogen-bond donors (Lipinski definition) is 1. The van der Waals surface area contributed by atoms with E-state index in [4.69, 9.17) is 0 Å². The number of benzene rings is 2. The Morgan fingerprint density at radius 1 is 0.909 bits per heavy atom. The molecule has 0 saturated carbocycles. The van der Waals surface area contributed by atoms with Crippen molar-refractivity contribution in [2.75, 3.05) is 10.6 Å². The van der Waals surface area contributed by atoms with E-state index in [0.29, 0.717) is 11.3 Å². The van der Waals surface area contributed by atoms with Crippen LogP contribution >= 0.6 is 0 Å². The fourth-order valence-corrected chi connectivity index (χ4v) is 5.17. The molecular weight excluding hydrogens is 432 g/mol. The lowest BCUT2D eigenvalue weighted by atomic mass is 9.81. The maximum atomic E-state index is 12.7. The third-order valence-electron chi connectivity index (χ3n) is 5.41. The third kappa shape index (κ3) is 8.84. The summed E-state index contributed by atoms with van der Waals surface area (Å²) in [6.07, 6.45) is 5.30. The molecular formula is C27H40N2O3S. The van der Waals surface area contributed by atoms with Gasteiger partial charge < -0.3 is 5.32 Å². The molecule has 5 nitrogen and oxygen atoms in total. The SMILES string of the molecule is CCCCc1ccc(N(Cc2ccc(C(=O)NC(C)(C)CC(C)(C)C)cc2)S(C)(=O)=O)cc1. The number of unbranched alkanes of at least 4 members (excludes halogenated alkanes) is 1. The van der Waals surface area contributed by atoms with Gasteiger partial charge in [-0.25, -0.2) is 8.42 Å². The van der Waals surface area contributed by atoms with Crippen molar-refractivity contribution in [3.05, 3.63) is 65.2 Å². The van der Waals surface area contributed by atoms with Gasteiger partial charge in [0.1, 0.15) is 0 Å². The molecule has 0 atom stereocenters. The lowest BCUT2D eigenvalue weighted by molar-refractivity contribution is 0.0891. The Kier molecular flexibility index (Phi) is 8.75. The molecule has 0 unspecified atom stereocenters. The highest BCUT2D eigenvalue weighted by molar-refractivity contribution is 7.92. The third-order valence-corrected chi connectivity index (χ3v) is 6.55.